The molecule has 1 aliphatic heterocycles. The van der Waals surface area contributed by atoms with Gasteiger partial charge in [-0.1, -0.05) is 6.07 Å². The van der Waals surface area contributed by atoms with Crippen molar-refractivity contribution in [3.63, 3.8) is 0 Å². The molecule has 0 bridgehead atoms. The van der Waals surface area contributed by atoms with E-state index in [0.717, 1.165) is 59.7 Å². The van der Waals surface area contributed by atoms with Crippen LogP contribution >= 0.6 is 0 Å². The minimum atomic E-state index is 0.162. The average Bonchev–Trinajstić information content (AvgIpc) is 3.26. The van der Waals surface area contributed by atoms with Crippen LogP contribution in [0.2, 0.25) is 0 Å². The third kappa shape index (κ3) is 4.69. The molecule has 0 radical (unpaired) electrons. The van der Waals surface area contributed by atoms with Crippen molar-refractivity contribution in [2.75, 3.05) is 45.2 Å². The van der Waals surface area contributed by atoms with Crippen molar-refractivity contribution < 1.29 is 9.47 Å². The maximum atomic E-state index is 5.93. The van der Waals surface area contributed by atoms with E-state index in [2.05, 4.69) is 76.4 Å². The lowest BCUT2D eigenvalue weighted by Crippen LogP contribution is -2.46. The Morgan fingerprint density at radius 3 is 2.47 bits per heavy atom. The first-order valence-electron chi connectivity index (χ1n) is 11.9. The third-order valence-electron chi connectivity index (χ3n) is 6.09. The van der Waals surface area contributed by atoms with Gasteiger partial charge < -0.3 is 19.3 Å². The van der Waals surface area contributed by atoms with Gasteiger partial charge in [0.05, 0.1) is 47.8 Å². The van der Waals surface area contributed by atoms with Crippen molar-refractivity contribution in [2.45, 2.75) is 32.5 Å². The van der Waals surface area contributed by atoms with Gasteiger partial charge in [0.2, 0.25) is 11.8 Å². The molecule has 0 saturated carbocycles. The molecular formula is C26H32N6O2. The Labute approximate surface area is 200 Å². The van der Waals surface area contributed by atoms with Crippen LogP contribution in [0.15, 0.2) is 48.9 Å². The molecule has 0 unspecified atom stereocenters. The van der Waals surface area contributed by atoms with Crippen LogP contribution in [0, 0.1) is 0 Å². The summed E-state index contributed by atoms with van der Waals surface area (Å²) in [6.45, 7) is 7.50. The van der Waals surface area contributed by atoms with E-state index in [-0.39, 0.29) is 12.2 Å². The number of hydrogen-bond donors (Lipinski definition) is 0. The van der Waals surface area contributed by atoms with Gasteiger partial charge in [0.15, 0.2) is 0 Å². The highest BCUT2D eigenvalue weighted by molar-refractivity contribution is 5.85. The van der Waals surface area contributed by atoms with Gasteiger partial charge in [0, 0.05) is 37.5 Å². The zero-order valence-electron chi connectivity index (χ0n) is 20.3. The van der Waals surface area contributed by atoms with Crippen molar-refractivity contribution in [3.8, 4) is 17.0 Å². The summed E-state index contributed by atoms with van der Waals surface area (Å²) in [5.41, 5.74) is 5.05. The predicted molar refractivity (Wildman–Crippen MR) is 135 cm³/mol. The van der Waals surface area contributed by atoms with E-state index < -0.39 is 0 Å². The van der Waals surface area contributed by atoms with Gasteiger partial charge >= 0.3 is 0 Å². The molecule has 8 nitrogen and oxygen atoms in total. The first-order valence-corrected chi connectivity index (χ1v) is 11.9. The summed E-state index contributed by atoms with van der Waals surface area (Å²) in [6.07, 6.45) is 6.94. The zero-order valence-corrected chi connectivity index (χ0v) is 20.3. The monoisotopic (exact) mass is 460 g/mol. The van der Waals surface area contributed by atoms with Crippen molar-refractivity contribution in [2.24, 2.45) is 0 Å². The lowest BCUT2D eigenvalue weighted by atomic mass is 10.1. The molecule has 5 rings (SSSR count). The number of pyridine rings is 1. The van der Waals surface area contributed by atoms with E-state index in [0.29, 0.717) is 12.5 Å². The van der Waals surface area contributed by atoms with E-state index in [1.165, 1.54) is 0 Å². The molecule has 34 heavy (non-hydrogen) atoms. The van der Waals surface area contributed by atoms with Crippen LogP contribution in [-0.2, 0) is 4.74 Å². The number of nitrogens with zero attached hydrogens (tertiary/aromatic N) is 6. The molecule has 1 saturated heterocycles. The number of aromatic nitrogens is 4. The SMILES string of the molecule is C[C@@H]1CN(c2ncc3cnc4ccc(-c5ccc(OCCCN(C)C)nc5)cc4n23)C[C@H](C)O1. The Hall–Kier alpha value is -3.23. The number of anilines is 1. The number of imidazole rings is 1. The summed E-state index contributed by atoms with van der Waals surface area (Å²) in [7, 11) is 4.13. The Kier molecular flexibility index (Phi) is 6.34. The van der Waals surface area contributed by atoms with Gasteiger partial charge in [0.1, 0.15) is 0 Å². The fraction of sp³-hybridized carbons (Fsp3) is 0.423. The van der Waals surface area contributed by atoms with E-state index >= 15 is 0 Å². The largest absolute Gasteiger partial charge is 0.478 e. The van der Waals surface area contributed by atoms with Crippen LogP contribution in [-0.4, -0.2) is 76.8 Å². The van der Waals surface area contributed by atoms with Crippen LogP contribution in [0.1, 0.15) is 20.3 Å². The Balaban J connectivity index is 1.44. The highest BCUT2D eigenvalue weighted by Gasteiger charge is 2.25. The molecule has 0 N–H and O–H groups in total. The lowest BCUT2D eigenvalue weighted by Gasteiger charge is -2.35. The number of fused-ring (bicyclic) bond motifs is 3. The molecule has 8 heteroatoms. The Morgan fingerprint density at radius 1 is 0.971 bits per heavy atom. The van der Waals surface area contributed by atoms with Crippen LogP contribution < -0.4 is 9.64 Å². The van der Waals surface area contributed by atoms with Crippen molar-refractivity contribution in [3.05, 3.63) is 48.9 Å². The molecule has 1 fully saturated rings. The maximum absolute atomic E-state index is 5.93. The predicted octanol–water partition coefficient (Wildman–Crippen LogP) is 3.89. The molecule has 3 aromatic heterocycles. The second kappa shape index (κ2) is 9.56. The van der Waals surface area contributed by atoms with Gasteiger partial charge in [-0.3, -0.25) is 9.38 Å². The summed E-state index contributed by atoms with van der Waals surface area (Å²) in [5, 5.41) is 0. The minimum absolute atomic E-state index is 0.162. The maximum Gasteiger partial charge on any atom is 0.213 e. The molecule has 0 spiro atoms. The molecule has 178 valence electrons. The van der Waals surface area contributed by atoms with Crippen LogP contribution in [0.3, 0.4) is 0 Å². The van der Waals surface area contributed by atoms with E-state index in [1.54, 1.807) is 0 Å². The summed E-state index contributed by atoms with van der Waals surface area (Å²) in [4.78, 5) is 18.4. The van der Waals surface area contributed by atoms with E-state index in [1.807, 2.05) is 24.7 Å². The Bertz CT molecular complexity index is 1260. The van der Waals surface area contributed by atoms with E-state index in [9.17, 15) is 0 Å². The van der Waals surface area contributed by atoms with Gasteiger partial charge in [-0.2, -0.15) is 0 Å². The first-order chi connectivity index (χ1) is 16.5. The molecule has 1 aliphatic rings. The number of rotatable bonds is 7. The van der Waals surface area contributed by atoms with Crippen LogP contribution in [0.25, 0.3) is 27.7 Å². The molecule has 4 heterocycles. The highest BCUT2D eigenvalue weighted by atomic mass is 16.5. The first kappa shape index (κ1) is 22.6. The second-order valence-electron chi connectivity index (χ2n) is 9.33. The summed E-state index contributed by atoms with van der Waals surface area (Å²) in [6, 6.07) is 10.3. The topological polar surface area (TPSA) is 68.0 Å². The summed E-state index contributed by atoms with van der Waals surface area (Å²) < 4.78 is 13.9. The number of morpholine rings is 1. The smallest absolute Gasteiger partial charge is 0.213 e. The lowest BCUT2D eigenvalue weighted by molar-refractivity contribution is -0.00572. The molecule has 1 aromatic carbocycles. The third-order valence-corrected chi connectivity index (χ3v) is 6.09. The van der Waals surface area contributed by atoms with Gasteiger partial charge in [-0.25, -0.2) is 9.97 Å². The summed E-state index contributed by atoms with van der Waals surface area (Å²) in [5.74, 6) is 1.58. The number of benzene rings is 1. The van der Waals surface area contributed by atoms with Crippen LogP contribution in [0.5, 0.6) is 5.88 Å². The normalized spacial score (nSPS) is 18.8. The molecule has 2 atom stereocenters. The van der Waals surface area contributed by atoms with Gasteiger partial charge in [-0.15, -0.1) is 0 Å². The minimum Gasteiger partial charge on any atom is -0.478 e. The molecule has 4 aromatic rings. The summed E-state index contributed by atoms with van der Waals surface area (Å²) >= 11 is 0. The fourth-order valence-electron chi connectivity index (χ4n) is 4.58. The van der Waals surface area contributed by atoms with Crippen molar-refractivity contribution in [1.29, 1.82) is 0 Å². The fourth-order valence-corrected chi connectivity index (χ4v) is 4.58. The molecule has 0 amide bonds. The van der Waals surface area contributed by atoms with E-state index in [4.69, 9.17) is 14.5 Å². The number of ether oxygens (including phenoxy) is 2. The standard InChI is InChI=1S/C26H32N6O2/c1-18-16-31(17-19(2)34-18)26-29-15-22-14-27-23-8-6-20(12-24(23)32(22)26)21-7-9-25(28-13-21)33-11-5-10-30(3)4/h6-9,12-15,18-19H,5,10-11,16-17H2,1-4H3/t18-,19+. The number of hydrogen-bond acceptors (Lipinski definition) is 7. The van der Waals surface area contributed by atoms with Crippen molar-refractivity contribution in [1.82, 2.24) is 24.3 Å². The average molecular weight is 461 g/mol. The Morgan fingerprint density at radius 2 is 1.74 bits per heavy atom. The second-order valence-corrected chi connectivity index (χ2v) is 9.33. The van der Waals surface area contributed by atoms with Gasteiger partial charge in [0.25, 0.3) is 0 Å². The molecular weight excluding hydrogens is 428 g/mol. The quantitative estimate of drug-likeness (QED) is 0.388. The van der Waals surface area contributed by atoms with Gasteiger partial charge in [-0.05, 0) is 58.1 Å². The van der Waals surface area contributed by atoms with Crippen LogP contribution in [0.4, 0.5) is 5.95 Å². The molecule has 0 aliphatic carbocycles. The zero-order chi connectivity index (χ0) is 23.7. The van der Waals surface area contributed by atoms with Crippen molar-refractivity contribution >= 4 is 22.5 Å². The highest BCUT2D eigenvalue weighted by Crippen LogP contribution is 2.28.